The molecule has 0 spiro atoms. The molecule has 1 heterocycles. The zero-order valence-corrected chi connectivity index (χ0v) is 11.7. The minimum Gasteiger partial charge on any atom is -0.335 e. The summed E-state index contributed by atoms with van der Waals surface area (Å²) in [5.41, 5.74) is 0. The SMILES string of the molecule is CCCS(=O)(=O)N1CCN(C(=O)C(F)(F)C(F)F)CC1. The van der Waals surface area contributed by atoms with Gasteiger partial charge in [0.2, 0.25) is 10.0 Å². The summed E-state index contributed by atoms with van der Waals surface area (Å²) in [6.07, 6.45) is -3.66. The molecule has 20 heavy (non-hydrogen) atoms. The molecule has 0 aromatic rings. The monoisotopic (exact) mass is 320 g/mol. The van der Waals surface area contributed by atoms with Gasteiger partial charge in [-0.2, -0.15) is 13.1 Å². The first-order chi connectivity index (χ1) is 9.13. The molecule has 1 saturated heterocycles. The van der Waals surface area contributed by atoms with Crippen LogP contribution in [0.15, 0.2) is 0 Å². The van der Waals surface area contributed by atoms with Crippen LogP contribution < -0.4 is 0 Å². The lowest BCUT2D eigenvalue weighted by molar-refractivity contribution is -0.181. The van der Waals surface area contributed by atoms with Crippen LogP contribution in [0, 0.1) is 0 Å². The Kier molecular flexibility index (Phi) is 5.36. The van der Waals surface area contributed by atoms with Crippen molar-refractivity contribution in [3.05, 3.63) is 0 Å². The maximum absolute atomic E-state index is 12.9. The molecular weight excluding hydrogens is 304 g/mol. The fourth-order valence-electron chi connectivity index (χ4n) is 1.86. The van der Waals surface area contributed by atoms with Crippen molar-refractivity contribution in [3.63, 3.8) is 0 Å². The fourth-order valence-corrected chi connectivity index (χ4v) is 3.35. The van der Waals surface area contributed by atoms with Crippen LogP contribution in [0.3, 0.4) is 0 Å². The number of carbonyl (C=O) groups excluding carboxylic acids is 1. The molecule has 118 valence electrons. The molecule has 10 heteroatoms. The fraction of sp³-hybridized carbons (Fsp3) is 0.900. The predicted molar refractivity (Wildman–Crippen MR) is 63.2 cm³/mol. The Morgan fingerprint density at radius 1 is 1.20 bits per heavy atom. The zero-order valence-electron chi connectivity index (χ0n) is 10.9. The summed E-state index contributed by atoms with van der Waals surface area (Å²) < 4.78 is 74.5. The van der Waals surface area contributed by atoms with E-state index >= 15 is 0 Å². The molecule has 0 atom stereocenters. The third-order valence-electron chi connectivity index (χ3n) is 2.94. The number of nitrogens with zero attached hydrogens (tertiary/aromatic N) is 2. The van der Waals surface area contributed by atoms with Gasteiger partial charge in [0, 0.05) is 26.2 Å². The third kappa shape index (κ3) is 3.60. The van der Waals surface area contributed by atoms with Gasteiger partial charge in [0.05, 0.1) is 5.75 Å². The van der Waals surface area contributed by atoms with E-state index in [9.17, 15) is 30.8 Å². The molecule has 0 aliphatic carbocycles. The first-order valence-corrected chi connectivity index (χ1v) is 7.67. The molecule has 0 N–H and O–H groups in total. The van der Waals surface area contributed by atoms with E-state index in [0.717, 1.165) is 4.31 Å². The van der Waals surface area contributed by atoms with Crippen molar-refractivity contribution < 1.29 is 30.8 Å². The highest BCUT2D eigenvalue weighted by molar-refractivity contribution is 7.89. The summed E-state index contributed by atoms with van der Waals surface area (Å²) in [6.45, 7) is 0.732. The van der Waals surface area contributed by atoms with Crippen molar-refractivity contribution >= 4 is 15.9 Å². The van der Waals surface area contributed by atoms with Crippen LogP contribution in [0.2, 0.25) is 0 Å². The molecule has 1 fully saturated rings. The van der Waals surface area contributed by atoms with E-state index in [-0.39, 0.29) is 31.9 Å². The van der Waals surface area contributed by atoms with Gasteiger partial charge in [-0.25, -0.2) is 17.2 Å². The number of alkyl halides is 4. The van der Waals surface area contributed by atoms with E-state index in [1.165, 1.54) is 0 Å². The van der Waals surface area contributed by atoms with E-state index < -0.39 is 28.3 Å². The minimum atomic E-state index is -4.73. The van der Waals surface area contributed by atoms with Crippen molar-refractivity contribution in [1.29, 1.82) is 0 Å². The van der Waals surface area contributed by atoms with Crippen LogP contribution in [0.5, 0.6) is 0 Å². The van der Waals surface area contributed by atoms with E-state index in [2.05, 4.69) is 0 Å². The highest BCUT2D eigenvalue weighted by Crippen LogP contribution is 2.26. The topological polar surface area (TPSA) is 57.7 Å². The van der Waals surface area contributed by atoms with Gasteiger partial charge in [-0.15, -0.1) is 0 Å². The lowest BCUT2D eigenvalue weighted by atomic mass is 10.2. The molecule has 0 aromatic carbocycles. The van der Waals surface area contributed by atoms with E-state index in [4.69, 9.17) is 0 Å². The molecule has 1 rings (SSSR count). The Morgan fingerprint density at radius 2 is 1.70 bits per heavy atom. The summed E-state index contributed by atoms with van der Waals surface area (Å²) in [5.74, 6) is -6.77. The summed E-state index contributed by atoms with van der Waals surface area (Å²) in [6, 6.07) is 0. The summed E-state index contributed by atoms with van der Waals surface area (Å²) >= 11 is 0. The van der Waals surface area contributed by atoms with Gasteiger partial charge < -0.3 is 4.90 Å². The molecule has 1 aliphatic heterocycles. The summed E-state index contributed by atoms with van der Waals surface area (Å²) in [4.78, 5) is 11.8. The minimum absolute atomic E-state index is 0.0753. The van der Waals surface area contributed by atoms with E-state index in [1.54, 1.807) is 6.92 Å². The Labute approximate surface area is 114 Å². The van der Waals surface area contributed by atoms with E-state index in [1.807, 2.05) is 0 Å². The Balaban J connectivity index is 2.66. The van der Waals surface area contributed by atoms with Gasteiger partial charge in [0.1, 0.15) is 0 Å². The van der Waals surface area contributed by atoms with Crippen molar-refractivity contribution in [2.45, 2.75) is 25.7 Å². The van der Waals surface area contributed by atoms with Gasteiger partial charge in [0.15, 0.2) is 0 Å². The number of amides is 1. The van der Waals surface area contributed by atoms with Crippen LogP contribution in [0.4, 0.5) is 17.6 Å². The van der Waals surface area contributed by atoms with Gasteiger partial charge >= 0.3 is 12.3 Å². The standard InChI is InChI=1S/C10H16F4N2O3S/c1-2-7-20(18,19)16-5-3-15(4-6-16)9(17)10(13,14)8(11)12/h8H,2-7H2,1H3. The highest BCUT2D eigenvalue weighted by Gasteiger charge is 2.51. The first-order valence-electron chi connectivity index (χ1n) is 6.06. The maximum Gasteiger partial charge on any atom is 0.383 e. The number of piperazine rings is 1. The van der Waals surface area contributed by atoms with Crippen molar-refractivity contribution in [3.8, 4) is 0 Å². The molecule has 5 nitrogen and oxygen atoms in total. The first kappa shape index (κ1) is 17.2. The number of hydrogen-bond donors (Lipinski definition) is 0. The summed E-state index contributed by atoms with van der Waals surface area (Å²) in [5, 5.41) is 0. The largest absolute Gasteiger partial charge is 0.383 e. The zero-order chi connectivity index (χ0) is 15.6. The number of carbonyl (C=O) groups is 1. The molecule has 1 amide bonds. The van der Waals surface area contributed by atoms with Crippen molar-refractivity contribution in [2.75, 3.05) is 31.9 Å². The lowest BCUT2D eigenvalue weighted by Crippen LogP contribution is -2.56. The van der Waals surface area contributed by atoms with Gasteiger partial charge in [0.25, 0.3) is 5.91 Å². The Morgan fingerprint density at radius 3 is 2.10 bits per heavy atom. The van der Waals surface area contributed by atoms with Crippen LogP contribution in [0.25, 0.3) is 0 Å². The Hall–Kier alpha value is -0.900. The molecule has 0 bridgehead atoms. The van der Waals surface area contributed by atoms with Crippen molar-refractivity contribution in [1.82, 2.24) is 9.21 Å². The van der Waals surface area contributed by atoms with Crippen LogP contribution >= 0.6 is 0 Å². The second kappa shape index (κ2) is 6.25. The van der Waals surface area contributed by atoms with Gasteiger partial charge in [-0.1, -0.05) is 6.92 Å². The van der Waals surface area contributed by atoms with Gasteiger partial charge in [-0.3, -0.25) is 4.79 Å². The molecule has 0 radical (unpaired) electrons. The molecule has 0 aromatic heterocycles. The predicted octanol–water partition coefficient (Wildman–Crippen LogP) is 0.771. The second-order valence-corrected chi connectivity index (χ2v) is 6.52. The lowest BCUT2D eigenvalue weighted by Gasteiger charge is -2.35. The number of hydrogen-bond acceptors (Lipinski definition) is 3. The summed E-state index contributed by atoms with van der Waals surface area (Å²) in [7, 11) is -3.47. The number of halogens is 4. The number of sulfonamides is 1. The Bertz CT molecular complexity index is 447. The molecule has 1 aliphatic rings. The normalized spacial score (nSPS) is 18.6. The molecule has 0 unspecified atom stereocenters. The van der Waals surface area contributed by atoms with Crippen LogP contribution in [0.1, 0.15) is 13.3 Å². The molecule has 0 saturated carbocycles. The smallest absolute Gasteiger partial charge is 0.335 e. The highest BCUT2D eigenvalue weighted by atomic mass is 32.2. The van der Waals surface area contributed by atoms with Crippen LogP contribution in [-0.4, -0.2) is 67.8 Å². The third-order valence-corrected chi connectivity index (χ3v) is 5.02. The quantitative estimate of drug-likeness (QED) is 0.703. The van der Waals surface area contributed by atoms with Crippen LogP contribution in [-0.2, 0) is 14.8 Å². The van der Waals surface area contributed by atoms with E-state index in [0.29, 0.717) is 11.3 Å². The average molecular weight is 320 g/mol. The average Bonchev–Trinajstić information content (AvgIpc) is 2.37. The number of rotatable bonds is 5. The maximum atomic E-state index is 12.9. The van der Waals surface area contributed by atoms with Crippen molar-refractivity contribution in [2.24, 2.45) is 0 Å². The van der Waals surface area contributed by atoms with Gasteiger partial charge in [-0.05, 0) is 6.42 Å². The second-order valence-electron chi connectivity index (χ2n) is 4.43. The molecular formula is C10H16F4N2O3S.